The van der Waals surface area contributed by atoms with Crippen LogP contribution in [0.4, 0.5) is 13.2 Å². The molecule has 0 radical (unpaired) electrons. The van der Waals surface area contributed by atoms with Gasteiger partial charge >= 0.3 is 6.18 Å². The van der Waals surface area contributed by atoms with Gasteiger partial charge in [0.25, 0.3) is 0 Å². The van der Waals surface area contributed by atoms with Crippen molar-refractivity contribution in [1.29, 1.82) is 0 Å². The molecule has 0 saturated carbocycles. The lowest BCUT2D eigenvalue weighted by Crippen LogP contribution is -2.08. The molecule has 6 heteroatoms. The van der Waals surface area contributed by atoms with Crippen LogP contribution in [0.15, 0.2) is 18.3 Å². The van der Waals surface area contributed by atoms with E-state index in [0.717, 1.165) is 12.3 Å². The Labute approximate surface area is 86.9 Å². The molecule has 0 aliphatic carbocycles. The number of pyridine rings is 1. The highest BCUT2D eigenvalue weighted by molar-refractivity contribution is 9.09. The van der Waals surface area contributed by atoms with Crippen molar-refractivity contribution >= 4 is 15.9 Å². The van der Waals surface area contributed by atoms with Crippen molar-refractivity contribution in [3.8, 4) is 0 Å². The van der Waals surface area contributed by atoms with E-state index in [4.69, 9.17) is 0 Å². The first-order valence-corrected chi connectivity index (χ1v) is 4.84. The van der Waals surface area contributed by atoms with Gasteiger partial charge in [0.05, 0.1) is 6.10 Å². The number of aromatic nitrogens is 1. The Kier molecular flexibility index (Phi) is 3.49. The van der Waals surface area contributed by atoms with Crippen LogP contribution in [-0.2, 0) is 6.18 Å². The van der Waals surface area contributed by atoms with Crippen LogP contribution in [0.3, 0.4) is 0 Å². The van der Waals surface area contributed by atoms with Crippen LogP contribution < -0.4 is 0 Å². The Bertz CT molecular complexity index is 298. The second-order valence-electron chi connectivity index (χ2n) is 2.64. The molecule has 1 rings (SSSR count). The van der Waals surface area contributed by atoms with Crippen LogP contribution in [-0.4, -0.2) is 15.4 Å². The quantitative estimate of drug-likeness (QED) is 0.838. The van der Waals surface area contributed by atoms with Gasteiger partial charge in [0.2, 0.25) is 0 Å². The third kappa shape index (κ3) is 2.68. The van der Waals surface area contributed by atoms with E-state index >= 15 is 0 Å². The Hall–Kier alpha value is -0.620. The fourth-order valence-corrected chi connectivity index (χ4v) is 1.23. The smallest absolute Gasteiger partial charge is 0.387 e. The zero-order valence-corrected chi connectivity index (χ0v) is 8.51. The normalized spacial score (nSPS) is 14.1. The fraction of sp³-hybridized carbons (Fsp3) is 0.375. The second kappa shape index (κ2) is 4.27. The van der Waals surface area contributed by atoms with Crippen LogP contribution in [0.1, 0.15) is 17.4 Å². The molecule has 1 atom stereocenters. The Morgan fingerprint density at radius 2 is 2.07 bits per heavy atom. The third-order valence-corrected chi connectivity index (χ3v) is 2.22. The minimum absolute atomic E-state index is 0.264. The molecule has 0 saturated heterocycles. The number of aliphatic hydroxyl groups excluding tert-OH is 1. The van der Waals surface area contributed by atoms with E-state index in [2.05, 4.69) is 20.9 Å². The molecule has 0 aliphatic rings. The first-order chi connectivity index (χ1) is 6.45. The molecular formula is C8H7BrF3NO. The summed E-state index contributed by atoms with van der Waals surface area (Å²) in [6.45, 7) is 0. The standard InChI is InChI=1S/C8H7BrF3NO/c9-3-6(14)5-1-2-7(13-4-5)8(10,11)12/h1-2,4,6,14H,3H2. The molecule has 0 spiro atoms. The molecule has 0 aliphatic heterocycles. The highest BCUT2D eigenvalue weighted by Gasteiger charge is 2.32. The van der Waals surface area contributed by atoms with Gasteiger partial charge in [-0.05, 0) is 11.6 Å². The maximum absolute atomic E-state index is 12.1. The van der Waals surface area contributed by atoms with Gasteiger partial charge in [-0.2, -0.15) is 13.2 Å². The van der Waals surface area contributed by atoms with Crippen LogP contribution in [0.5, 0.6) is 0 Å². The minimum atomic E-state index is -4.43. The highest BCUT2D eigenvalue weighted by Crippen LogP contribution is 2.28. The molecule has 0 aromatic carbocycles. The summed E-state index contributed by atoms with van der Waals surface area (Å²) in [4.78, 5) is 3.21. The molecule has 0 fully saturated rings. The Morgan fingerprint density at radius 1 is 1.43 bits per heavy atom. The monoisotopic (exact) mass is 269 g/mol. The SMILES string of the molecule is OC(CBr)c1ccc(C(F)(F)F)nc1. The van der Waals surface area contributed by atoms with Gasteiger partial charge in [0.15, 0.2) is 0 Å². The van der Waals surface area contributed by atoms with Crippen molar-refractivity contribution in [1.82, 2.24) is 4.98 Å². The lowest BCUT2D eigenvalue weighted by atomic mass is 10.2. The van der Waals surface area contributed by atoms with E-state index in [9.17, 15) is 18.3 Å². The summed E-state index contributed by atoms with van der Waals surface area (Å²) < 4.78 is 36.2. The van der Waals surface area contributed by atoms with Gasteiger partial charge in [0.1, 0.15) is 5.69 Å². The topological polar surface area (TPSA) is 33.1 Å². The van der Waals surface area contributed by atoms with Crippen molar-refractivity contribution in [2.45, 2.75) is 12.3 Å². The maximum Gasteiger partial charge on any atom is 0.433 e. The molecular weight excluding hydrogens is 263 g/mol. The summed E-state index contributed by atoms with van der Waals surface area (Å²) in [6, 6.07) is 2.06. The predicted octanol–water partition coefficient (Wildman–Crippen LogP) is 2.53. The molecule has 1 N–H and O–H groups in total. The van der Waals surface area contributed by atoms with Crippen molar-refractivity contribution in [2.24, 2.45) is 0 Å². The van der Waals surface area contributed by atoms with E-state index < -0.39 is 18.0 Å². The molecule has 0 amide bonds. The molecule has 1 unspecified atom stereocenters. The van der Waals surface area contributed by atoms with Crippen LogP contribution in [0, 0.1) is 0 Å². The van der Waals surface area contributed by atoms with Gasteiger partial charge in [-0.3, -0.25) is 4.98 Å². The Balaban J connectivity index is 2.89. The molecule has 1 heterocycles. The molecule has 78 valence electrons. The predicted molar refractivity (Wildman–Crippen MR) is 48.0 cm³/mol. The fourth-order valence-electron chi connectivity index (χ4n) is 0.859. The van der Waals surface area contributed by atoms with Crippen molar-refractivity contribution in [3.05, 3.63) is 29.6 Å². The van der Waals surface area contributed by atoms with E-state index in [1.54, 1.807) is 0 Å². The summed E-state index contributed by atoms with van der Waals surface area (Å²) in [5, 5.41) is 9.52. The number of alkyl halides is 4. The first-order valence-electron chi connectivity index (χ1n) is 3.72. The number of hydrogen-bond donors (Lipinski definition) is 1. The molecule has 14 heavy (non-hydrogen) atoms. The lowest BCUT2D eigenvalue weighted by molar-refractivity contribution is -0.141. The van der Waals surface area contributed by atoms with Gasteiger partial charge in [-0.1, -0.05) is 22.0 Å². The molecule has 1 aromatic heterocycles. The summed E-state index contributed by atoms with van der Waals surface area (Å²) in [7, 11) is 0. The zero-order chi connectivity index (χ0) is 10.8. The number of rotatable bonds is 2. The van der Waals surface area contributed by atoms with E-state index in [1.807, 2.05) is 0 Å². The maximum atomic E-state index is 12.1. The average Bonchev–Trinajstić information content (AvgIpc) is 2.15. The van der Waals surface area contributed by atoms with Crippen molar-refractivity contribution in [3.63, 3.8) is 0 Å². The van der Waals surface area contributed by atoms with Gasteiger partial charge in [-0.15, -0.1) is 0 Å². The van der Waals surface area contributed by atoms with E-state index in [-0.39, 0.29) is 5.33 Å². The minimum Gasteiger partial charge on any atom is -0.387 e. The highest BCUT2D eigenvalue weighted by atomic mass is 79.9. The summed E-state index contributed by atoms with van der Waals surface area (Å²) in [6.07, 6.45) is -4.24. The van der Waals surface area contributed by atoms with E-state index in [0.29, 0.717) is 5.56 Å². The van der Waals surface area contributed by atoms with Crippen molar-refractivity contribution < 1.29 is 18.3 Å². The lowest BCUT2D eigenvalue weighted by Gasteiger charge is -2.09. The average molecular weight is 270 g/mol. The second-order valence-corrected chi connectivity index (χ2v) is 3.29. The molecule has 1 aromatic rings. The Morgan fingerprint density at radius 3 is 2.43 bits per heavy atom. The number of aliphatic hydroxyl groups is 1. The van der Waals surface area contributed by atoms with Gasteiger partial charge in [0, 0.05) is 11.5 Å². The van der Waals surface area contributed by atoms with Crippen LogP contribution in [0.25, 0.3) is 0 Å². The summed E-state index contributed by atoms with van der Waals surface area (Å²) in [5.74, 6) is 0. The number of halogens is 4. The third-order valence-electron chi connectivity index (χ3n) is 1.61. The van der Waals surface area contributed by atoms with Gasteiger partial charge in [-0.25, -0.2) is 0 Å². The van der Waals surface area contributed by atoms with Crippen LogP contribution >= 0.6 is 15.9 Å². The van der Waals surface area contributed by atoms with Crippen molar-refractivity contribution in [2.75, 3.05) is 5.33 Å². The largest absolute Gasteiger partial charge is 0.433 e. The summed E-state index contributed by atoms with van der Waals surface area (Å²) >= 11 is 3.01. The summed E-state index contributed by atoms with van der Waals surface area (Å²) in [5.41, 5.74) is -0.599. The first kappa shape index (κ1) is 11.5. The number of hydrogen-bond acceptors (Lipinski definition) is 2. The molecule has 2 nitrogen and oxygen atoms in total. The molecule has 0 bridgehead atoms. The number of nitrogens with zero attached hydrogens (tertiary/aromatic N) is 1. The van der Waals surface area contributed by atoms with E-state index in [1.165, 1.54) is 6.07 Å². The zero-order valence-electron chi connectivity index (χ0n) is 6.92. The van der Waals surface area contributed by atoms with Crippen LogP contribution in [0.2, 0.25) is 0 Å². The van der Waals surface area contributed by atoms with Gasteiger partial charge < -0.3 is 5.11 Å².